The van der Waals surface area contributed by atoms with Gasteiger partial charge >= 0.3 is 0 Å². The van der Waals surface area contributed by atoms with E-state index in [1.807, 2.05) is 4.90 Å². The number of piperidine rings is 1. The molecule has 15 heavy (non-hydrogen) atoms. The highest BCUT2D eigenvalue weighted by Crippen LogP contribution is 2.28. The summed E-state index contributed by atoms with van der Waals surface area (Å²) in [7, 11) is 0. The summed E-state index contributed by atoms with van der Waals surface area (Å²) in [5.41, 5.74) is 5.82. The zero-order valence-corrected chi connectivity index (χ0v) is 9.15. The Hall–Kier alpha value is -0.610. The number of amides is 1. The van der Waals surface area contributed by atoms with Crippen LogP contribution in [-0.2, 0) is 9.53 Å². The molecular formula is C11H20N2O2. The van der Waals surface area contributed by atoms with Crippen molar-refractivity contribution in [2.45, 2.75) is 31.7 Å². The summed E-state index contributed by atoms with van der Waals surface area (Å²) in [5.74, 6) is 0.826. The smallest absolute Gasteiger partial charge is 0.248 e. The Morgan fingerprint density at radius 1 is 1.40 bits per heavy atom. The molecule has 2 N–H and O–H groups in total. The zero-order chi connectivity index (χ0) is 10.7. The Morgan fingerprint density at radius 2 is 2.20 bits per heavy atom. The van der Waals surface area contributed by atoms with E-state index in [0.29, 0.717) is 6.54 Å². The van der Waals surface area contributed by atoms with Crippen LogP contribution in [0.15, 0.2) is 0 Å². The van der Waals surface area contributed by atoms with Gasteiger partial charge in [-0.1, -0.05) is 0 Å². The zero-order valence-electron chi connectivity index (χ0n) is 9.15. The van der Waals surface area contributed by atoms with Gasteiger partial charge in [-0.25, -0.2) is 0 Å². The first-order valence-electron chi connectivity index (χ1n) is 5.87. The summed E-state index contributed by atoms with van der Waals surface area (Å²) in [4.78, 5) is 13.5. The Balaban J connectivity index is 1.64. The molecule has 1 saturated heterocycles. The third kappa shape index (κ3) is 3.47. The fourth-order valence-electron chi connectivity index (χ4n) is 1.93. The second kappa shape index (κ2) is 4.94. The van der Waals surface area contributed by atoms with E-state index in [2.05, 4.69) is 0 Å². The van der Waals surface area contributed by atoms with Crippen molar-refractivity contribution in [3.63, 3.8) is 0 Å². The lowest BCUT2D eigenvalue weighted by Crippen LogP contribution is -2.47. The fraction of sp³-hybridized carbons (Fsp3) is 0.909. The molecule has 4 heteroatoms. The van der Waals surface area contributed by atoms with Crippen molar-refractivity contribution in [1.82, 2.24) is 4.90 Å². The number of ether oxygens (including phenoxy) is 1. The van der Waals surface area contributed by atoms with Gasteiger partial charge in [0, 0.05) is 19.1 Å². The second-order valence-electron chi connectivity index (χ2n) is 4.70. The number of likely N-dealkylation sites (tertiary alicyclic amines) is 1. The van der Waals surface area contributed by atoms with Crippen LogP contribution in [0.4, 0.5) is 0 Å². The summed E-state index contributed by atoms with van der Waals surface area (Å²) in [5, 5.41) is 0. The van der Waals surface area contributed by atoms with Crippen molar-refractivity contribution in [3.8, 4) is 0 Å². The van der Waals surface area contributed by atoms with Gasteiger partial charge in [0.2, 0.25) is 5.91 Å². The summed E-state index contributed by atoms with van der Waals surface area (Å²) in [6, 6.07) is 0.158. The lowest BCUT2D eigenvalue weighted by molar-refractivity contribution is -0.137. The first-order valence-corrected chi connectivity index (χ1v) is 5.87. The molecule has 0 spiro atoms. The summed E-state index contributed by atoms with van der Waals surface area (Å²) < 4.78 is 5.38. The molecule has 0 aromatic heterocycles. The molecule has 1 heterocycles. The third-order valence-corrected chi connectivity index (χ3v) is 3.09. The second-order valence-corrected chi connectivity index (χ2v) is 4.70. The Bertz CT molecular complexity index is 229. The van der Waals surface area contributed by atoms with E-state index in [1.165, 1.54) is 12.8 Å². The number of nitrogens with zero attached hydrogens (tertiary/aromatic N) is 1. The van der Waals surface area contributed by atoms with Crippen LogP contribution in [0, 0.1) is 5.92 Å². The van der Waals surface area contributed by atoms with Crippen molar-refractivity contribution in [1.29, 1.82) is 0 Å². The highest BCUT2D eigenvalue weighted by Gasteiger charge is 2.24. The molecule has 1 aliphatic heterocycles. The normalized spacial score (nSPS) is 26.7. The van der Waals surface area contributed by atoms with Crippen molar-refractivity contribution >= 4 is 5.91 Å². The van der Waals surface area contributed by atoms with Crippen LogP contribution in [0.2, 0.25) is 0 Å². The van der Waals surface area contributed by atoms with Gasteiger partial charge < -0.3 is 15.4 Å². The number of carbonyl (C=O) groups is 1. The molecule has 0 bridgehead atoms. The first-order chi connectivity index (χ1) is 7.25. The number of carbonyl (C=O) groups excluding carboxylic acids is 1. The summed E-state index contributed by atoms with van der Waals surface area (Å²) in [6.45, 7) is 2.54. The molecule has 1 saturated carbocycles. The molecule has 2 rings (SSSR count). The SMILES string of the molecule is NC1CCCN(C(=O)COCC2CC2)C1. The van der Waals surface area contributed by atoms with Crippen molar-refractivity contribution in [2.24, 2.45) is 11.7 Å². The number of rotatable bonds is 4. The van der Waals surface area contributed by atoms with Crippen LogP contribution in [0.3, 0.4) is 0 Å². The van der Waals surface area contributed by atoms with E-state index in [9.17, 15) is 4.79 Å². The average molecular weight is 212 g/mol. The maximum absolute atomic E-state index is 11.7. The molecule has 1 atom stereocenters. The first kappa shape index (κ1) is 10.9. The minimum atomic E-state index is 0.103. The van der Waals surface area contributed by atoms with E-state index >= 15 is 0 Å². The van der Waals surface area contributed by atoms with Gasteiger partial charge in [-0.15, -0.1) is 0 Å². The maximum Gasteiger partial charge on any atom is 0.248 e. The maximum atomic E-state index is 11.7. The van der Waals surface area contributed by atoms with Crippen molar-refractivity contribution < 1.29 is 9.53 Å². The van der Waals surface area contributed by atoms with E-state index in [4.69, 9.17) is 10.5 Å². The van der Waals surface area contributed by atoms with E-state index in [-0.39, 0.29) is 18.6 Å². The van der Waals surface area contributed by atoms with E-state index in [0.717, 1.165) is 31.9 Å². The predicted octanol–water partition coefficient (Wildman–Crippen LogP) is 0.363. The van der Waals surface area contributed by atoms with Crippen LogP contribution in [0.1, 0.15) is 25.7 Å². The van der Waals surface area contributed by atoms with Gasteiger partial charge in [-0.3, -0.25) is 4.79 Å². The molecule has 1 unspecified atom stereocenters. The molecule has 1 aliphatic carbocycles. The average Bonchev–Trinajstić information content (AvgIpc) is 3.01. The fourth-order valence-corrected chi connectivity index (χ4v) is 1.93. The van der Waals surface area contributed by atoms with Crippen molar-refractivity contribution in [3.05, 3.63) is 0 Å². The molecule has 2 fully saturated rings. The van der Waals surface area contributed by atoms with E-state index < -0.39 is 0 Å². The monoisotopic (exact) mass is 212 g/mol. The van der Waals surface area contributed by atoms with Crippen LogP contribution in [0.25, 0.3) is 0 Å². The van der Waals surface area contributed by atoms with Gasteiger partial charge in [0.15, 0.2) is 0 Å². The predicted molar refractivity (Wildman–Crippen MR) is 57.3 cm³/mol. The summed E-state index contributed by atoms with van der Waals surface area (Å²) in [6.07, 6.45) is 4.59. The highest BCUT2D eigenvalue weighted by molar-refractivity contribution is 5.77. The minimum absolute atomic E-state index is 0.103. The molecule has 2 aliphatic rings. The largest absolute Gasteiger partial charge is 0.371 e. The van der Waals surface area contributed by atoms with E-state index in [1.54, 1.807) is 0 Å². The van der Waals surface area contributed by atoms with Crippen molar-refractivity contribution in [2.75, 3.05) is 26.3 Å². The number of nitrogens with two attached hydrogens (primary N) is 1. The van der Waals surface area contributed by atoms with Gasteiger partial charge in [0.1, 0.15) is 6.61 Å². The minimum Gasteiger partial charge on any atom is -0.371 e. The lowest BCUT2D eigenvalue weighted by atomic mass is 10.1. The lowest BCUT2D eigenvalue weighted by Gasteiger charge is -2.30. The topological polar surface area (TPSA) is 55.6 Å². The Labute approximate surface area is 90.8 Å². The van der Waals surface area contributed by atoms with Crippen LogP contribution in [0.5, 0.6) is 0 Å². The molecule has 0 aromatic rings. The molecule has 4 nitrogen and oxygen atoms in total. The Kier molecular flexibility index (Phi) is 3.59. The van der Waals surface area contributed by atoms with Gasteiger partial charge in [0.05, 0.1) is 6.61 Å². The Morgan fingerprint density at radius 3 is 2.87 bits per heavy atom. The van der Waals surface area contributed by atoms with Gasteiger partial charge in [-0.05, 0) is 31.6 Å². The van der Waals surface area contributed by atoms with Crippen LogP contribution < -0.4 is 5.73 Å². The molecule has 86 valence electrons. The summed E-state index contributed by atoms with van der Waals surface area (Å²) >= 11 is 0. The molecule has 0 radical (unpaired) electrons. The molecule has 0 aromatic carbocycles. The quantitative estimate of drug-likeness (QED) is 0.732. The third-order valence-electron chi connectivity index (χ3n) is 3.09. The van der Waals surface area contributed by atoms with Crippen LogP contribution >= 0.6 is 0 Å². The molecular weight excluding hydrogens is 192 g/mol. The highest BCUT2D eigenvalue weighted by atomic mass is 16.5. The number of hydrogen-bond acceptors (Lipinski definition) is 3. The van der Waals surface area contributed by atoms with Crippen LogP contribution in [-0.4, -0.2) is 43.2 Å². The standard InChI is InChI=1S/C11H20N2O2/c12-10-2-1-5-13(6-10)11(14)8-15-7-9-3-4-9/h9-10H,1-8,12H2. The van der Waals surface area contributed by atoms with Gasteiger partial charge in [0.25, 0.3) is 0 Å². The molecule has 1 amide bonds. The van der Waals surface area contributed by atoms with Gasteiger partial charge in [-0.2, -0.15) is 0 Å². The number of hydrogen-bond donors (Lipinski definition) is 1.